The Morgan fingerprint density at radius 3 is 1.68 bits per heavy atom. The SMILES string of the molecule is CC[N+](C)(C)Cc1ccc(C[N+](C)(C)CCN2C(=O)C=CC2=O)cc1. The topological polar surface area (TPSA) is 37.4 Å². The minimum absolute atomic E-state index is 0.203. The summed E-state index contributed by atoms with van der Waals surface area (Å²) < 4.78 is 1.71. The number of carbonyl (C=O) groups is 2. The van der Waals surface area contributed by atoms with Crippen LogP contribution in [-0.4, -0.2) is 73.5 Å². The molecule has 25 heavy (non-hydrogen) atoms. The number of hydrogen-bond acceptors (Lipinski definition) is 2. The van der Waals surface area contributed by atoms with Crippen molar-refractivity contribution in [1.82, 2.24) is 4.90 Å². The number of imide groups is 1. The lowest BCUT2D eigenvalue weighted by molar-refractivity contribution is -0.902. The summed E-state index contributed by atoms with van der Waals surface area (Å²) in [6.45, 7) is 6.41. The largest absolute Gasteiger partial charge is 0.325 e. The van der Waals surface area contributed by atoms with Gasteiger partial charge in [0, 0.05) is 23.3 Å². The maximum absolute atomic E-state index is 11.6. The van der Waals surface area contributed by atoms with Crippen molar-refractivity contribution in [3.05, 3.63) is 47.5 Å². The van der Waals surface area contributed by atoms with Gasteiger partial charge in [-0.2, -0.15) is 0 Å². The highest BCUT2D eigenvalue weighted by Crippen LogP contribution is 2.14. The van der Waals surface area contributed by atoms with Crippen LogP contribution in [0.3, 0.4) is 0 Å². The van der Waals surface area contributed by atoms with Crippen LogP contribution in [0, 0.1) is 0 Å². The fraction of sp³-hybridized carbons (Fsp3) is 0.500. The lowest BCUT2D eigenvalue weighted by Gasteiger charge is -2.31. The first kappa shape index (κ1) is 19.3. The summed E-state index contributed by atoms with van der Waals surface area (Å²) in [6.07, 6.45) is 2.69. The molecule has 1 aliphatic heterocycles. The van der Waals surface area contributed by atoms with E-state index in [1.54, 1.807) is 0 Å². The van der Waals surface area contributed by atoms with Crippen molar-refractivity contribution in [3.8, 4) is 0 Å². The van der Waals surface area contributed by atoms with E-state index in [2.05, 4.69) is 59.4 Å². The highest BCUT2D eigenvalue weighted by molar-refractivity contribution is 6.12. The van der Waals surface area contributed by atoms with Gasteiger partial charge in [0.2, 0.25) is 0 Å². The van der Waals surface area contributed by atoms with Crippen LogP contribution in [0.25, 0.3) is 0 Å². The molecule has 0 bridgehead atoms. The molecule has 0 aliphatic carbocycles. The Balaban J connectivity index is 1.91. The van der Waals surface area contributed by atoms with Gasteiger partial charge < -0.3 is 8.97 Å². The van der Waals surface area contributed by atoms with Gasteiger partial charge in [0.05, 0.1) is 47.8 Å². The summed E-state index contributed by atoms with van der Waals surface area (Å²) in [5, 5.41) is 0. The molecule has 0 fully saturated rings. The zero-order valence-electron chi connectivity index (χ0n) is 16.2. The van der Waals surface area contributed by atoms with Crippen LogP contribution in [0.5, 0.6) is 0 Å². The molecule has 0 aromatic heterocycles. The van der Waals surface area contributed by atoms with Crippen molar-refractivity contribution in [2.24, 2.45) is 0 Å². The van der Waals surface area contributed by atoms with Crippen molar-refractivity contribution >= 4 is 11.8 Å². The van der Waals surface area contributed by atoms with E-state index < -0.39 is 0 Å². The maximum Gasteiger partial charge on any atom is 0.253 e. The molecule has 2 rings (SSSR count). The summed E-state index contributed by atoms with van der Waals surface area (Å²) >= 11 is 0. The standard InChI is InChI=1S/C20H31N3O2/c1-6-22(2,3)15-17-7-9-18(10-8-17)16-23(4,5)14-13-21-19(24)11-12-20(21)25/h7-12H,6,13-16H2,1-5H3/q+2. The van der Waals surface area contributed by atoms with E-state index in [9.17, 15) is 9.59 Å². The number of benzene rings is 1. The Kier molecular flexibility index (Phi) is 5.80. The van der Waals surface area contributed by atoms with Crippen LogP contribution < -0.4 is 0 Å². The lowest BCUT2D eigenvalue weighted by atomic mass is 10.1. The summed E-state index contributed by atoms with van der Waals surface area (Å²) in [4.78, 5) is 24.6. The summed E-state index contributed by atoms with van der Waals surface area (Å²) in [6, 6.07) is 8.81. The second-order valence-corrected chi connectivity index (χ2v) is 8.21. The van der Waals surface area contributed by atoms with Gasteiger partial charge in [-0.05, 0) is 6.92 Å². The van der Waals surface area contributed by atoms with Crippen molar-refractivity contribution in [1.29, 1.82) is 0 Å². The molecule has 1 heterocycles. The van der Waals surface area contributed by atoms with Gasteiger partial charge >= 0.3 is 0 Å². The number of quaternary nitrogens is 2. The minimum atomic E-state index is -0.203. The highest BCUT2D eigenvalue weighted by atomic mass is 16.2. The smallest absolute Gasteiger partial charge is 0.253 e. The number of hydrogen-bond donors (Lipinski definition) is 0. The number of amides is 2. The van der Waals surface area contributed by atoms with Crippen LogP contribution in [0.4, 0.5) is 0 Å². The van der Waals surface area contributed by atoms with Gasteiger partial charge in [0.1, 0.15) is 13.1 Å². The molecule has 136 valence electrons. The Bertz CT molecular complexity index is 642. The van der Waals surface area contributed by atoms with Crippen molar-refractivity contribution in [3.63, 3.8) is 0 Å². The van der Waals surface area contributed by atoms with E-state index in [0.29, 0.717) is 6.54 Å². The molecule has 0 saturated carbocycles. The Hall–Kier alpha value is -1.98. The van der Waals surface area contributed by atoms with Gasteiger partial charge in [0.15, 0.2) is 0 Å². The van der Waals surface area contributed by atoms with E-state index in [1.807, 2.05) is 0 Å². The molecule has 0 atom stereocenters. The molecular weight excluding hydrogens is 314 g/mol. The van der Waals surface area contributed by atoms with E-state index >= 15 is 0 Å². The molecule has 0 saturated heterocycles. The number of carbonyl (C=O) groups excluding carboxylic acids is 2. The van der Waals surface area contributed by atoms with E-state index in [0.717, 1.165) is 35.1 Å². The molecule has 1 aromatic carbocycles. The molecule has 0 unspecified atom stereocenters. The molecule has 0 radical (unpaired) electrons. The predicted molar refractivity (Wildman–Crippen MR) is 99.3 cm³/mol. The Morgan fingerprint density at radius 2 is 1.24 bits per heavy atom. The summed E-state index contributed by atoms with van der Waals surface area (Å²) in [5.74, 6) is -0.406. The van der Waals surface area contributed by atoms with Crippen LogP contribution in [0.15, 0.2) is 36.4 Å². The average Bonchev–Trinajstić information content (AvgIpc) is 2.85. The van der Waals surface area contributed by atoms with Crippen molar-refractivity contribution in [2.45, 2.75) is 20.0 Å². The molecule has 5 nitrogen and oxygen atoms in total. The van der Waals surface area contributed by atoms with Crippen LogP contribution in [-0.2, 0) is 22.7 Å². The summed E-state index contributed by atoms with van der Waals surface area (Å²) in [5.41, 5.74) is 2.62. The zero-order valence-corrected chi connectivity index (χ0v) is 16.2. The fourth-order valence-corrected chi connectivity index (χ4v) is 2.95. The average molecular weight is 345 g/mol. The van der Waals surface area contributed by atoms with Crippen LogP contribution in [0.1, 0.15) is 18.1 Å². The fourth-order valence-electron chi connectivity index (χ4n) is 2.95. The Labute approximate surface area is 151 Å². The third-order valence-corrected chi connectivity index (χ3v) is 4.93. The van der Waals surface area contributed by atoms with Gasteiger partial charge in [-0.15, -0.1) is 0 Å². The van der Waals surface area contributed by atoms with Crippen molar-refractivity contribution in [2.75, 3.05) is 47.8 Å². The normalized spacial score (nSPS) is 15.3. The molecule has 1 aromatic rings. The first-order valence-corrected chi connectivity index (χ1v) is 8.87. The predicted octanol–water partition coefficient (Wildman–Crippen LogP) is 1.78. The van der Waals surface area contributed by atoms with E-state index in [1.165, 1.54) is 28.2 Å². The van der Waals surface area contributed by atoms with E-state index in [-0.39, 0.29) is 11.8 Å². The monoisotopic (exact) mass is 345 g/mol. The number of likely N-dealkylation sites (N-methyl/N-ethyl adjacent to an activating group) is 1. The number of nitrogens with zero attached hydrogens (tertiary/aromatic N) is 3. The molecule has 5 heteroatoms. The third-order valence-electron chi connectivity index (χ3n) is 4.93. The van der Waals surface area contributed by atoms with Crippen LogP contribution >= 0.6 is 0 Å². The van der Waals surface area contributed by atoms with E-state index in [4.69, 9.17) is 0 Å². The maximum atomic E-state index is 11.6. The molecular formula is C20H31N3O2+2. The molecule has 0 spiro atoms. The van der Waals surface area contributed by atoms with Gasteiger partial charge in [-0.25, -0.2) is 0 Å². The number of rotatable bonds is 8. The molecule has 1 aliphatic rings. The summed E-state index contributed by atoms with van der Waals surface area (Å²) in [7, 11) is 8.74. The Morgan fingerprint density at radius 1 is 0.800 bits per heavy atom. The zero-order chi connectivity index (χ0) is 18.7. The second kappa shape index (κ2) is 7.50. The minimum Gasteiger partial charge on any atom is -0.325 e. The van der Waals surface area contributed by atoms with Gasteiger partial charge in [-0.1, -0.05) is 24.3 Å². The lowest BCUT2D eigenvalue weighted by Crippen LogP contribution is -2.46. The first-order valence-electron chi connectivity index (χ1n) is 8.87. The molecule has 0 N–H and O–H groups in total. The third kappa shape index (κ3) is 5.51. The van der Waals surface area contributed by atoms with Crippen LogP contribution in [0.2, 0.25) is 0 Å². The highest BCUT2D eigenvalue weighted by Gasteiger charge is 2.26. The quantitative estimate of drug-likeness (QED) is 0.532. The second-order valence-electron chi connectivity index (χ2n) is 8.21. The van der Waals surface area contributed by atoms with Gasteiger partial charge in [-0.3, -0.25) is 14.5 Å². The molecule has 2 amide bonds. The van der Waals surface area contributed by atoms with Crippen molar-refractivity contribution < 1.29 is 18.6 Å². The first-order chi connectivity index (χ1) is 11.6. The van der Waals surface area contributed by atoms with Gasteiger partial charge in [0.25, 0.3) is 11.8 Å².